The molecule has 3 fully saturated rings. The molecule has 0 aromatic carbocycles. The lowest BCUT2D eigenvalue weighted by Gasteiger charge is -2.24. The number of nitrogens with one attached hydrogen (secondary N) is 2. The van der Waals surface area contributed by atoms with E-state index >= 15 is 0 Å². The van der Waals surface area contributed by atoms with Crippen LogP contribution in [-0.2, 0) is 4.74 Å². The van der Waals surface area contributed by atoms with E-state index in [4.69, 9.17) is 9.73 Å². The topological polar surface area (TPSA) is 48.9 Å². The van der Waals surface area contributed by atoms with Gasteiger partial charge in [0.15, 0.2) is 5.96 Å². The van der Waals surface area contributed by atoms with Crippen LogP contribution in [0, 0.1) is 0 Å². The molecule has 1 aliphatic carbocycles. The largest absolute Gasteiger partial charge is 0.378 e. The minimum absolute atomic E-state index is 0.436. The summed E-state index contributed by atoms with van der Waals surface area (Å²) in [6, 6.07) is 1.40. The Kier molecular flexibility index (Phi) is 6.57. The Balaban J connectivity index is 1.42. The van der Waals surface area contributed by atoms with E-state index in [1.165, 1.54) is 58.0 Å². The molecule has 0 spiro atoms. The number of hydrogen-bond acceptors (Lipinski definition) is 3. The molecule has 5 heteroatoms. The molecule has 0 bridgehead atoms. The fraction of sp³-hybridized carbons (Fsp3) is 0.944. The van der Waals surface area contributed by atoms with E-state index in [1.807, 2.05) is 0 Å². The van der Waals surface area contributed by atoms with Gasteiger partial charge in [-0.2, -0.15) is 0 Å². The maximum absolute atomic E-state index is 5.68. The van der Waals surface area contributed by atoms with Gasteiger partial charge in [-0.25, -0.2) is 0 Å². The molecule has 2 atom stereocenters. The Morgan fingerprint density at radius 2 is 2.04 bits per heavy atom. The van der Waals surface area contributed by atoms with Crippen molar-refractivity contribution in [2.24, 2.45) is 4.99 Å². The second kappa shape index (κ2) is 8.88. The van der Waals surface area contributed by atoms with E-state index < -0.39 is 0 Å². The predicted octanol–water partition coefficient (Wildman–Crippen LogP) is 2.13. The SMILES string of the molecule is CCNC(=NCCC1CCCO1)NC1CCN(C2CCCC2)C1. The number of aliphatic imine (C=N–C) groups is 1. The molecule has 1 saturated carbocycles. The first-order valence-electron chi connectivity index (χ1n) is 9.75. The minimum atomic E-state index is 0.436. The molecule has 0 radical (unpaired) electrons. The summed E-state index contributed by atoms with van der Waals surface area (Å²) in [5.41, 5.74) is 0. The molecule has 132 valence electrons. The second-order valence-electron chi connectivity index (χ2n) is 7.25. The van der Waals surface area contributed by atoms with Crippen molar-refractivity contribution in [1.82, 2.24) is 15.5 Å². The highest BCUT2D eigenvalue weighted by Gasteiger charge is 2.30. The highest BCUT2D eigenvalue weighted by molar-refractivity contribution is 5.80. The number of nitrogens with zero attached hydrogens (tertiary/aromatic N) is 2. The lowest BCUT2D eigenvalue weighted by Crippen LogP contribution is -2.45. The van der Waals surface area contributed by atoms with Gasteiger partial charge in [0, 0.05) is 44.9 Å². The van der Waals surface area contributed by atoms with Crippen LogP contribution in [0.2, 0.25) is 0 Å². The number of hydrogen-bond donors (Lipinski definition) is 2. The van der Waals surface area contributed by atoms with Crippen LogP contribution in [0.5, 0.6) is 0 Å². The monoisotopic (exact) mass is 322 g/mol. The van der Waals surface area contributed by atoms with Crippen molar-refractivity contribution in [1.29, 1.82) is 0 Å². The summed E-state index contributed by atoms with van der Waals surface area (Å²) in [5, 5.41) is 7.05. The maximum atomic E-state index is 5.68. The summed E-state index contributed by atoms with van der Waals surface area (Å²) in [6.45, 7) is 7.28. The van der Waals surface area contributed by atoms with Crippen LogP contribution < -0.4 is 10.6 Å². The quantitative estimate of drug-likeness (QED) is 0.581. The first-order valence-corrected chi connectivity index (χ1v) is 9.75. The third-order valence-corrected chi connectivity index (χ3v) is 5.49. The summed E-state index contributed by atoms with van der Waals surface area (Å²) < 4.78 is 5.68. The molecular weight excluding hydrogens is 288 g/mol. The molecule has 2 saturated heterocycles. The number of rotatable bonds is 6. The van der Waals surface area contributed by atoms with Crippen molar-refractivity contribution in [3.8, 4) is 0 Å². The van der Waals surface area contributed by atoms with E-state index in [9.17, 15) is 0 Å². The van der Waals surface area contributed by atoms with Gasteiger partial charge in [0.2, 0.25) is 0 Å². The first-order chi connectivity index (χ1) is 11.3. The van der Waals surface area contributed by atoms with Gasteiger partial charge in [0.25, 0.3) is 0 Å². The van der Waals surface area contributed by atoms with Gasteiger partial charge in [-0.3, -0.25) is 9.89 Å². The molecule has 2 unspecified atom stereocenters. The standard InChI is InChI=1S/C18H34N4O/c1-2-19-18(20-11-9-17-8-5-13-23-17)21-15-10-12-22(14-15)16-6-3-4-7-16/h15-17H,2-14H2,1H3,(H2,19,20,21). The average Bonchev–Trinajstić information content (AvgIpc) is 3.30. The Morgan fingerprint density at radius 3 is 2.78 bits per heavy atom. The summed E-state index contributed by atoms with van der Waals surface area (Å²) in [7, 11) is 0. The third-order valence-electron chi connectivity index (χ3n) is 5.49. The van der Waals surface area contributed by atoms with Crippen molar-refractivity contribution >= 4 is 5.96 Å². The predicted molar refractivity (Wildman–Crippen MR) is 94.9 cm³/mol. The van der Waals surface area contributed by atoms with E-state index in [2.05, 4.69) is 22.5 Å². The van der Waals surface area contributed by atoms with Gasteiger partial charge in [0.05, 0.1) is 6.10 Å². The van der Waals surface area contributed by atoms with Gasteiger partial charge in [-0.05, 0) is 45.4 Å². The Hall–Kier alpha value is -0.810. The maximum Gasteiger partial charge on any atom is 0.191 e. The van der Waals surface area contributed by atoms with Crippen molar-refractivity contribution in [3.05, 3.63) is 0 Å². The summed E-state index contributed by atoms with van der Waals surface area (Å²) in [4.78, 5) is 7.45. The third kappa shape index (κ3) is 5.08. The zero-order valence-electron chi connectivity index (χ0n) is 14.7. The van der Waals surface area contributed by atoms with Gasteiger partial charge in [0.1, 0.15) is 0 Å². The molecule has 23 heavy (non-hydrogen) atoms. The lowest BCUT2D eigenvalue weighted by molar-refractivity contribution is 0.106. The lowest BCUT2D eigenvalue weighted by atomic mass is 10.2. The Labute approximate surface area is 141 Å². The molecule has 3 aliphatic rings. The van der Waals surface area contributed by atoms with Gasteiger partial charge in [-0.15, -0.1) is 0 Å². The normalized spacial score (nSPS) is 30.2. The molecule has 0 aromatic heterocycles. The highest BCUT2D eigenvalue weighted by Crippen LogP contribution is 2.26. The van der Waals surface area contributed by atoms with E-state index in [-0.39, 0.29) is 0 Å². The summed E-state index contributed by atoms with van der Waals surface area (Å²) in [6.07, 6.45) is 10.8. The van der Waals surface area contributed by atoms with Crippen molar-refractivity contribution in [2.75, 3.05) is 32.8 Å². The van der Waals surface area contributed by atoms with Gasteiger partial charge in [-0.1, -0.05) is 12.8 Å². The zero-order chi connectivity index (χ0) is 15.9. The first kappa shape index (κ1) is 17.0. The zero-order valence-corrected chi connectivity index (χ0v) is 14.7. The van der Waals surface area contributed by atoms with E-state index in [1.54, 1.807) is 0 Å². The van der Waals surface area contributed by atoms with E-state index in [0.29, 0.717) is 12.1 Å². The Morgan fingerprint density at radius 1 is 1.17 bits per heavy atom. The molecule has 2 aliphatic heterocycles. The molecule has 3 rings (SSSR count). The number of ether oxygens (including phenoxy) is 1. The van der Waals surface area contributed by atoms with Crippen molar-refractivity contribution in [3.63, 3.8) is 0 Å². The van der Waals surface area contributed by atoms with Crippen LogP contribution in [0.1, 0.15) is 58.3 Å². The van der Waals surface area contributed by atoms with Crippen molar-refractivity contribution in [2.45, 2.75) is 76.5 Å². The molecule has 5 nitrogen and oxygen atoms in total. The summed E-state index contributed by atoms with van der Waals surface area (Å²) >= 11 is 0. The van der Waals surface area contributed by atoms with Crippen LogP contribution in [-0.4, -0.2) is 61.8 Å². The molecule has 0 aromatic rings. The Bertz CT molecular complexity index is 375. The molecule has 2 heterocycles. The second-order valence-corrected chi connectivity index (χ2v) is 7.25. The van der Waals surface area contributed by atoms with Gasteiger partial charge >= 0.3 is 0 Å². The van der Waals surface area contributed by atoms with Crippen LogP contribution in [0.4, 0.5) is 0 Å². The fourth-order valence-corrected chi connectivity index (χ4v) is 4.21. The molecule has 0 amide bonds. The van der Waals surface area contributed by atoms with Crippen LogP contribution in [0.15, 0.2) is 4.99 Å². The smallest absolute Gasteiger partial charge is 0.191 e. The fourth-order valence-electron chi connectivity index (χ4n) is 4.21. The number of likely N-dealkylation sites (tertiary alicyclic amines) is 1. The number of guanidine groups is 1. The van der Waals surface area contributed by atoms with Gasteiger partial charge < -0.3 is 15.4 Å². The van der Waals surface area contributed by atoms with Crippen LogP contribution in [0.3, 0.4) is 0 Å². The van der Waals surface area contributed by atoms with Crippen LogP contribution >= 0.6 is 0 Å². The van der Waals surface area contributed by atoms with Crippen LogP contribution in [0.25, 0.3) is 0 Å². The highest BCUT2D eigenvalue weighted by atomic mass is 16.5. The molecule has 2 N–H and O–H groups in total. The minimum Gasteiger partial charge on any atom is -0.378 e. The summed E-state index contributed by atoms with van der Waals surface area (Å²) in [5.74, 6) is 0.990. The average molecular weight is 322 g/mol. The molecular formula is C18H34N4O. The van der Waals surface area contributed by atoms with Crippen molar-refractivity contribution < 1.29 is 4.74 Å². The van der Waals surface area contributed by atoms with E-state index in [0.717, 1.165) is 38.1 Å².